The SMILES string of the molecule is CC(CN1CCC(OCC(=O)O)CC1)Oc1nc(N2CC3CCC(C2)N3C(=O)OC(C)(C)C)c2cc(Cl)c(-c3ccc(F)c4sc(NC(=O)OC(C)(C)C)nc34)c(F)c2n1. The van der Waals surface area contributed by atoms with Crippen molar-refractivity contribution in [3.8, 4) is 17.1 Å². The first kappa shape index (κ1) is 43.4. The van der Waals surface area contributed by atoms with Crippen LogP contribution in [0.15, 0.2) is 18.2 Å². The first-order valence-corrected chi connectivity index (χ1v) is 21.2. The van der Waals surface area contributed by atoms with Gasteiger partial charge in [0.15, 0.2) is 10.9 Å². The number of amides is 2. The van der Waals surface area contributed by atoms with E-state index in [2.05, 4.69) is 20.2 Å². The Balaban J connectivity index is 1.24. The van der Waals surface area contributed by atoms with Crippen LogP contribution in [0.1, 0.15) is 74.1 Å². The highest BCUT2D eigenvalue weighted by molar-refractivity contribution is 7.22. The van der Waals surface area contributed by atoms with E-state index in [0.29, 0.717) is 56.8 Å². The minimum absolute atomic E-state index is 0.000505. The van der Waals surface area contributed by atoms with Crippen molar-refractivity contribution in [3.63, 3.8) is 0 Å². The van der Waals surface area contributed by atoms with Crippen molar-refractivity contribution < 1.29 is 47.2 Å². The second-order valence-electron chi connectivity index (χ2n) is 17.5. The molecule has 0 spiro atoms. The Hall–Kier alpha value is -4.65. The van der Waals surface area contributed by atoms with Crippen LogP contribution in [0.3, 0.4) is 0 Å². The molecule has 15 nitrogen and oxygen atoms in total. The van der Waals surface area contributed by atoms with Crippen molar-refractivity contribution in [1.29, 1.82) is 0 Å². The summed E-state index contributed by atoms with van der Waals surface area (Å²) in [4.78, 5) is 56.8. The molecule has 2 aromatic carbocycles. The third-order valence-electron chi connectivity index (χ3n) is 10.4. The summed E-state index contributed by atoms with van der Waals surface area (Å²) in [5.41, 5.74) is -1.35. The molecular formula is C41H50ClF2N7O8S. The fourth-order valence-corrected chi connectivity index (χ4v) is 9.22. The van der Waals surface area contributed by atoms with E-state index in [1.807, 2.05) is 32.6 Å². The molecule has 3 atom stereocenters. The zero-order chi connectivity index (χ0) is 43.3. The topological polar surface area (TPSA) is 169 Å². The summed E-state index contributed by atoms with van der Waals surface area (Å²) in [7, 11) is 0. The molecule has 19 heteroatoms. The maximum atomic E-state index is 17.3. The highest BCUT2D eigenvalue weighted by Crippen LogP contribution is 2.44. The quantitative estimate of drug-likeness (QED) is 0.157. The predicted molar refractivity (Wildman–Crippen MR) is 223 cm³/mol. The summed E-state index contributed by atoms with van der Waals surface area (Å²) in [5.74, 6) is -2.05. The summed E-state index contributed by atoms with van der Waals surface area (Å²) in [6.45, 7) is 14.7. The molecule has 7 rings (SSSR count). The molecule has 324 valence electrons. The molecule has 3 aliphatic heterocycles. The Morgan fingerprint density at radius 3 is 2.27 bits per heavy atom. The van der Waals surface area contributed by atoms with Gasteiger partial charge in [0.1, 0.15) is 41.1 Å². The number of hydrogen-bond acceptors (Lipinski definition) is 13. The molecular weight excluding hydrogens is 824 g/mol. The fraction of sp³-hybridized carbons (Fsp3) is 0.561. The van der Waals surface area contributed by atoms with Gasteiger partial charge in [0.2, 0.25) is 0 Å². The highest BCUT2D eigenvalue weighted by Gasteiger charge is 2.45. The number of hydrogen-bond donors (Lipinski definition) is 2. The molecule has 4 aromatic rings. The first-order chi connectivity index (χ1) is 28.2. The molecule has 2 aromatic heterocycles. The molecule has 3 aliphatic rings. The Kier molecular flexibility index (Phi) is 12.3. The number of ether oxygens (including phenoxy) is 4. The van der Waals surface area contributed by atoms with Gasteiger partial charge in [0.25, 0.3) is 0 Å². The van der Waals surface area contributed by atoms with Crippen molar-refractivity contribution in [2.45, 2.75) is 110 Å². The molecule has 2 N–H and O–H groups in total. The molecule has 0 aliphatic carbocycles. The number of carboxylic acids is 1. The maximum Gasteiger partial charge on any atom is 0.413 e. The minimum atomic E-state index is -1.01. The van der Waals surface area contributed by atoms with Gasteiger partial charge in [0, 0.05) is 49.2 Å². The third kappa shape index (κ3) is 9.77. The van der Waals surface area contributed by atoms with Gasteiger partial charge in [0.05, 0.1) is 33.4 Å². The van der Waals surface area contributed by atoms with Crippen molar-refractivity contribution in [2.75, 3.05) is 49.5 Å². The lowest BCUT2D eigenvalue weighted by atomic mass is 10.0. The van der Waals surface area contributed by atoms with Crippen LogP contribution in [-0.4, -0.2) is 123 Å². The smallest absolute Gasteiger partial charge is 0.413 e. The summed E-state index contributed by atoms with van der Waals surface area (Å²) in [6.07, 6.45) is 1.08. The zero-order valence-corrected chi connectivity index (χ0v) is 36.2. The Morgan fingerprint density at radius 1 is 0.967 bits per heavy atom. The largest absolute Gasteiger partial charge is 0.480 e. The lowest BCUT2D eigenvalue weighted by Crippen LogP contribution is -2.57. The highest BCUT2D eigenvalue weighted by atomic mass is 35.5. The molecule has 3 saturated heterocycles. The number of nitrogens with one attached hydrogen (secondary N) is 1. The average molecular weight is 874 g/mol. The second-order valence-corrected chi connectivity index (χ2v) is 18.9. The van der Waals surface area contributed by atoms with Gasteiger partial charge in [-0.25, -0.2) is 28.1 Å². The van der Waals surface area contributed by atoms with Crippen LogP contribution >= 0.6 is 22.9 Å². The minimum Gasteiger partial charge on any atom is -0.480 e. The van der Waals surface area contributed by atoms with Crippen LogP contribution in [0.5, 0.6) is 6.01 Å². The van der Waals surface area contributed by atoms with Crippen molar-refractivity contribution in [3.05, 3.63) is 34.9 Å². The standard InChI is InChI=1S/C41H50ClF2N7O8S/c1-21(17-49-14-12-24(13-15-49)56-20-29(52)53)57-36-45-32-26(35(47-36)50-18-22-8-9-23(19-50)51(22)39(55)59-41(5,6)7)16-27(42)30(31(32)44)25-10-11-28(43)34-33(25)46-37(60-34)48-38(54)58-40(2,3)4/h10-11,16,21-24H,8-9,12-15,17-20H2,1-7H3,(H,52,53)(H,46,48,54). The van der Waals surface area contributed by atoms with Gasteiger partial charge in [-0.05, 0) is 92.3 Å². The molecule has 60 heavy (non-hydrogen) atoms. The fourth-order valence-electron chi connectivity index (χ4n) is 8.04. The first-order valence-electron chi connectivity index (χ1n) is 20.0. The van der Waals surface area contributed by atoms with Gasteiger partial charge in [-0.15, -0.1) is 0 Å². The Labute approximate surface area is 355 Å². The summed E-state index contributed by atoms with van der Waals surface area (Å²) in [5, 5.41) is 11.9. The number of aromatic nitrogens is 3. The number of fused-ring (bicyclic) bond motifs is 4. The third-order valence-corrected chi connectivity index (χ3v) is 11.7. The van der Waals surface area contributed by atoms with E-state index in [-0.39, 0.29) is 73.9 Å². The van der Waals surface area contributed by atoms with Crippen molar-refractivity contribution >= 4 is 73.2 Å². The van der Waals surface area contributed by atoms with E-state index in [1.165, 1.54) is 12.1 Å². The van der Waals surface area contributed by atoms with Crippen LogP contribution in [0.4, 0.5) is 29.3 Å². The molecule has 5 heterocycles. The summed E-state index contributed by atoms with van der Waals surface area (Å²) in [6, 6.07) is 3.72. The second kappa shape index (κ2) is 17.0. The number of aliphatic carboxylic acids is 1. The Bertz CT molecular complexity index is 2280. The van der Waals surface area contributed by atoms with E-state index >= 15 is 8.78 Å². The van der Waals surface area contributed by atoms with Gasteiger partial charge in [-0.1, -0.05) is 22.9 Å². The maximum absolute atomic E-state index is 17.3. The number of likely N-dealkylation sites (tertiary alicyclic amines) is 1. The van der Waals surface area contributed by atoms with Crippen LogP contribution in [-0.2, 0) is 19.0 Å². The number of piperazine rings is 1. The number of benzene rings is 2. The molecule has 3 unspecified atom stereocenters. The van der Waals surface area contributed by atoms with E-state index in [1.54, 1.807) is 31.7 Å². The number of rotatable bonds is 10. The average Bonchev–Trinajstić information content (AvgIpc) is 3.68. The summed E-state index contributed by atoms with van der Waals surface area (Å²) >= 11 is 7.84. The van der Waals surface area contributed by atoms with Gasteiger partial charge in [-0.3, -0.25) is 15.1 Å². The molecule has 2 bridgehead atoms. The number of carbonyl (C=O) groups excluding carboxylic acids is 2. The number of halogens is 3. The van der Waals surface area contributed by atoms with E-state index in [0.717, 1.165) is 24.2 Å². The molecule has 3 fully saturated rings. The van der Waals surface area contributed by atoms with Crippen LogP contribution in [0, 0.1) is 11.6 Å². The van der Waals surface area contributed by atoms with Gasteiger partial charge in [-0.2, -0.15) is 9.97 Å². The van der Waals surface area contributed by atoms with Gasteiger partial charge < -0.3 is 29.0 Å². The van der Waals surface area contributed by atoms with E-state index < -0.39 is 41.0 Å². The normalized spacial score (nSPS) is 19.5. The zero-order valence-electron chi connectivity index (χ0n) is 34.6. The van der Waals surface area contributed by atoms with Crippen molar-refractivity contribution in [2.24, 2.45) is 0 Å². The Morgan fingerprint density at radius 2 is 1.63 bits per heavy atom. The number of piperidine rings is 1. The van der Waals surface area contributed by atoms with E-state index in [4.69, 9.17) is 40.6 Å². The lowest BCUT2D eigenvalue weighted by Gasteiger charge is -2.42. The molecule has 0 saturated carbocycles. The van der Waals surface area contributed by atoms with Crippen LogP contribution < -0.4 is 15.0 Å². The number of anilines is 2. The number of carboxylic acid groups (broad SMARTS) is 1. The molecule has 2 amide bonds. The number of nitrogens with zero attached hydrogens (tertiary/aromatic N) is 6. The molecule has 0 radical (unpaired) electrons. The van der Waals surface area contributed by atoms with Crippen LogP contribution in [0.2, 0.25) is 5.02 Å². The van der Waals surface area contributed by atoms with Gasteiger partial charge >= 0.3 is 24.2 Å². The monoisotopic (exact) mass is 873 g/mol. The predicted octanol–water partition coefficient (Wildman–Crippen LogP) is 8.11. The van der Waals surface area contributed by atoms with Crippen LogP contribution in [0.25, 0.3) is 32.2 Å². The van der Waals surface area contributed by atoms with Crippen molar-refractivity contribution in [1.82, 2.24) is 24.8 Å². The summed E-state index contributed by atoms with van der Waals surface area (Å²) < 4.78 is 55.6. The lowest BCUT2D eigenvalue weighted by molar-refractivity contribution is -0.145. The van der Waals surface area contributed by atoms with E-state index in [9.17, 15) is 14.4 Å². The number of thiazole rings is 1. The number of carbonyl (C=O) groups is 3.